The summed E-state index contributed by atoms with van der Waals surface area (Å²) in [6.45, 7) is 11.0. The maximum atomic E-state index is 4.81. The summed E-state index contributed by atoms with van der Waals surface area (Å²) in [7, 11) is 0. The number of pyridine rings is 1. The van der Waals surface area contributed by atoms with Crippen LogP contribution in [-0.2, 0) is 0 Å². The molecule has 0 radical (unpaired) electrons. The van der Waals surface area contributed by atoms with Crippen LogP contribution in [0.3, 0.4) is 0 Å². The zero-order valence-electron chi connectivity index (χ0n) is 20.6. The number of nitrogens with zero attached hydrogens (tertiary/aromatic N) is 3. The lowest BCUT2D eigenvalue weighted by Crippen LogP contribution is -2.26. The molecule has 1 fully saturated rings. The van der Waals surface area contributed by atoms with Gasteiger partial charge in [0.25, 0.3) is 0 Å². The Morgan fingerprint density at radius 1 is 1.00 bits per heavy atom. The Labute approximate surface area is 200 Å². The van der Waals surface area contributed by atoms with Crippen molar-refractivity contribution in [3.63, 3.8) is 0 Å². The lowest BCUT2D eigenvalue weighted by molar-refractivity contribution is 0.460. The molecule has 0 spiro atoms. The highest BCUT2D eigenvalue weighted by molar-refractivity contribution is 6.09. The zero-order chi connectivity index (χ0) is 23.4. The molecule has 0 saturated carbocycles. The first-order valence-electron chi connectivity index (χ1n) is 12.7. The molecular weight excluding hydrogens is 418 g/mol. The second-order valence-corrected chi connectivity index (χ2v) is 10.1. The number of fused-ring (bicyclic) bond motifs is 4. The van der Waals surface area contributed by atoms with E-state index in [4.69, 9.17) is 10.1 Å². The van der Waals surface area contributed by atoms with Crippen molar-refractivity contribution in [2.24, 2.45) is 0 Å². The minimum atomic E-state index is 0.363. The molecule has 5 heteroatoms. The fourth-order valence-corrected chi connectivity index (χ4v) is 5.50. The minimum Gasteiger partial charge on any atom is -0.354 e. The standard InChI is InChI=1S/C29H33N5/c1-5-17(2)28-32-29-19(4)12-22(16-34(29)33-28)23-15-27-24(13-18(23)3)25-14-21(6-7-26(25)31-27)20-8-10-30-11-9-20/h6-7,12-17,20,30-31H,5,8-11H2,1-4H3. The van der Waals surface area contributed by atoms with Crippen molar-refractivity contribution >= 4 is 27.5 Å². The van der Waals surface area contributed by atoms with Gasteiger partial charge in [-0.3, -0.25) is 0 Å². The lowest BCUT2D eigenvalue weighted by atomic mass is 9.89. The number of piperidine rings is 1. The normalized spacial score (nSPS) is 16.1. The van der Waals surface area contributed by atoms with E-state index in [1.54, 1.807) is 0 Å². The fourth-order valence-electron chi connectivity index (χ4n) is 5.50. The van der Waals surface area contributed by atoms with Crippen molar-refractivity contribution in [3.05, 3.63) is 65.1 Å². The Morgan fingerprint density at radius 3 is 2.59 bits per heavy atom. The van der Waals surface area contributed by atoms with Crippen LogP contribution in [0.1, 0.15) is 67.5 Å². The van der Waals surface area contributed by atoms with E-state index in [1.165, 1.54) is 56.9 Å². The van der Waals surface area contributed by atoms with Crippen LogP contribution < -0.4 is 5.32 Å². The number of hydrogen-bond donors (Lipinski definition) is 2. The van der Waals surface area contributed by atoms with Gasteiger partial charge in [-0.05, 0) is 105 Å². The molecule has 1 atom stereocenters. The van der Waals surface area contributed by atoms with Crippen molar-refractivity contribution in [2.75, 3.05) is 13.1 Å². The molecular formula is C29H33N5. The van der Waals surface area contributed by atoms with Gasteiger partial charge in [0.15, 0.2) is 11.5 Å². The van der Waals surface area contributed by atoms with Gasteiger partial charge in [-0.2, -0.15) is 5.10 Å². The van der Waals surface area contributed by atoms with E-state index in [0.717, 1.165) is 36.5 Å². The molecule has 6 rings (SSSR count). The molecule has 1 aliphatic heterocycles. The summed E-state index contributed by atoms with van der Waals surface area (Å²) >= 11 is 0. The number of benzene rings is 2. The molecule has 5 aromatic rings. The molecule has 1 saturated heterocycles. The van der Waals surface area contributed by atoms with Crippen LogP contribution in [0, 0.1) is 13.8 Å². The number of aromatic nitrogens is 4. The topological polar surface area (TPSA) is 58.0 Å². The number of H-pyrrole nitrogens is 1. The second kappa shape index (κ2) is 8.24. The van der Waals surface area contributed by atoms with Crippen molar-refractivity contribution in [2.45, 2.75) is 58.8 Å². The quantitative estimate of drug-likeness (QED) is 0.322. The molecule has 3 aromatic heterocycles. The summed E-state index contributed by atoms with van der Waals surface area (Å²) in [4.78, 5) is 8.48. The van der Waals surface area contributed by atoms with Crippen LogP contribution in [-0.4, -0.2) is 32.7 Å². The Hall–Kier alpha value is -3.18. The van der Waals surface area contributed by atoms with E-state index < -0.39 is 0 Å². The summed E-state index contributed by atoms with van der Waals surface area (Å²) in [5.74, 6) is 1.95. The maximum absolute atomic E-state index is 4.81. The molecule has 2 aromatic carbocycles. The average molecular weight is 452 g/mol. The molecule has 0 bridgehead atoms. The minimum absolute atomic E-state index is 0.363. The summed E-state index contributed by atoms with van der Waals surface area (Å²) < 4.78 is 1.96. The summed E-state index contributed by atoms with van der Waals surface area (Å²) in [5, 5.41) is 10.9. The van der Waals surface area contributed by atoms with Crippen molar-refractivity contribution in [3.8, 4) is 11.1 Å². The van der Waals surface area contributed by atoms with E-state index >= 15 is 0 Å². The Kier molecular flexibility index (Phi) is 5.18. The molecule has 5 nitrogen and oxygen atoms in total. The SMILES string of the molecule is CCC(C)c1nc2c(C)cc(-c3cc4[nH]c5ccc(C6CCNCC6)cc5c4cc3C)cn2n1. The van der Waals surface area contributed by atoms with E-state index in [1.807, 2.05) is 4.52 Å². The molecule has 1 unspecified atom stereocenters. The second-order valence-electron chi connectivity index (χ2n) is 10.1. The van der Waals surface area contributed by atoms with Gasteiger partial charge >= 0.3 is 0 Å². The first kappa shape index (κ1) is 21.4. The number of hydrogen-bond acceptors (Lipinski definition) is 3. The average Bonchev–Trinajstić information content (AvgIpc) is 3.45. The van der Waals surface area contributed by atoms with Crippen molar-refractivity contribution in [1.82, 2.24) is 24.9 Å². The van der Waals surface area contributed by atoms with E-state index in [2.05, 4.69) is 80.6 Å². The van der Waals surface area contributed by atoms with Gasteiger partial charge in [0.2, 0.25) is 0 Å². The van der Waals surface area contributed by atoms with Crippen LogP contribution in [0.25, 0.3) is 38.6 Å². The van der Waals surface area contributed by atoms with Gasteiger partial charge in [-0.1, -0.05) is 19.9 Å². The molecule has 1 aliphatic rings. The Bertz CT molecular complexity index is 1520. The third-order valence-corrected chi connectivity index (χ3v) is 7.78. The summed E-state index contributed by atoms with van der Waals surface area (Å²) in [6.07, 6.45) is 5.62. The van der Waals surface area contributed by atoms with Gasteiger partial charge in [0.1, 0.15) is 0 Å². The van der Waals surface area contributed by atoms with Gasteiger partial charge in [-0.15, -0.1) is 0 Å². The molecule has 2 N–H and O–H groups in total. The Balaban J connectivity index is 1.45. The van der Waals surface area contributed by atoms with E-state index in [9.17, 15) is 0 Å². The third-order valence-electron chi connectivity index (χ3n) is 7.78. The van der Waals surface area contributed by atoms with Crippen LogP contribution in [0.2, 0.25) is 0 Å². The number of nitrogens with one attached hydrogen (secondary N) is 2. The highest BCUT2D eigenvalue weighted by Gasteiger charge is 2.18. The number of aromatic amines is 1. The Morgan fingerprint density at radius 2 is 1.79 bits per heavy atom. The smallest absolute Gasteiger partial charge is 0.158 e. The highest BCUT2D eigenvalue weighted by atomic mass is 15.3. The summed E-state index contributed by atoms with van der Waals surface area (Å²) in [6, 6.07) is 13.9. The van der Waals surface area contributed by atoms with Crippen molar-refractivity contribution < 1.29 is 0 Å². The molecule has 0 amide bonds. The zero-order valence-corrected chi connectivity index (χ0v) is 20.6. The number of aryl methyl sites for hydroxylation is 2. The maximum Gasteiger partial charge on any atom is 0.158 e. The van der Waals surface area contributed by atoms with Gasteiger partial charge < -0.3 is 10.3 Å². The van der Waals surface area contributed by atoms with Crippen LogP contribution in [0.5, 0.6) is 0 Å². The predicted molar refractivity (Wildman–Crippen MR) is 141 cm³/mol. The van der Waals surface area contributed by atoms with Crippen LogP contribution in [0.15, 0.2) is 42.6 Å². The molecule has 174 valence electrons. The molecule has 0 aliphatic carbocycles. The van der Waals surface area contributed by atoms with Crippen molar-refractivity contribution in [1.29, 1.82) is 0 Å². The van der Waals surface area contributed by atoms with Crippen LogP contribution in [0.4, 0.5) is 0 Å². The van der Waals surface area contributed by atoms with E-state index in [-0.39, 0.29) is 0 Å². The molecule has 34 heavy (non-hydrogen) atoms. The predicted octanol–water partition coefficient (Wildman–Crippen LogP) is 6.63. The van der Waals surface area contributed by atoms with Crippen LogP contribution >= 0.6 is 0 Å². The van der Waals surface area contributed by atoms with E-state index in [0.29, 0.717) is 11.8 Å². The third kappa shape index (κ3) is 3.50. The fraction of sp³-hybridized carbons (Fsp3) is 0.379. The highest BCUT2D eigenvalue weighted by Crippen LogP contribution is 2.35. The number of rotatable bonds is 4. The van der Waals surface area contributed by atoms with Gasteiger partial charge in [0, 0.05) is 39.5 Å². The lowest BCUT2D eigenvalue weighted by Gasteiger charge is -2.23. The van der Waals surface area contributed by atoms with Gasteiger partial charge in [0.05, 0.1) is 0 Å². The first-order valence-corrected chi connectivity index (χ1v) is 12.7. The summed E-state index contributed by atoms with van der Waals surface area (Å²) in [5.41, 5.74) is 9.68. The monoisotopic (exact) mass is 451 g/mol. The molecule has 4 heterocycles. The first-order chi connectivity index (χ1) is 16.5. The largest absolute Gasteiger partial charge is 0.354 e. The van der Waals surface area contributed by atoms with Gasteiger partial charge in [-0.25, -0.2) is 9.50 Å².